The highest BCUT2D eigenvalue weighted by Crippen LogP contribution is 2.27. The maximum Gasteiger partial charge on any atom is 0.161 e. The molecular weight excluding hydrogens is 218 g/mol. The van der Waals surface area contributed by atoms with Crippen molar-refractivity contribution in [3.05, 3.63) is 23.8 Å². The second-order valence-electron chi connectivity index (χ2n) is 4.34. The highest BCUT2D eigenvalue weighted by Gasteiger charge is 2.12. The van der Waals surface area contributed by atoms with E-state index < -0.39 is 5.54 Å². The molecule has 4 heteroatoms. The number of hydrogen-bond donors (Lipinski definition) is 1. The van der Waals surface area contributed by atoms with E-state index in [2.05, 4.69) is 4.99 Å². The zero-order valence-electron chi connectivity index (χ0n) is 10.7. The Morgan fingerprint density at radius 2 is 1.88 bits per heavy atom. The summed E-state index contributed by atoms with van der Waals surface area (Å²) in [6.07, 6.45) is 1.72. The molecule has 0 atom stereocenters. The molecule has 94 valence electrons. The average molecular weight is 237 g/mol. The van der Waals surface area contributed by atoms with Crippen LogP contribution in [0.1, 0.15) is 19.4 Å². The predicted octanol–water partition coefficient (Wildman–Crippen LogP) is 1.89. The lowest BCUT2D eigenvalue weighted by atomic mass is 10.1. The molecule has 1 N–H and O–H groups in total. The lowest BCUT2D eigenvalue weighted by Gasteiger charge is -2.15. The lowest BCUT2D eigenvalue weighted by molar-refractivity contribution is 0.223. The maximum absolute atomic E-state index is 9.10. The number of benzene rings is 1. The van der Waals surface area contributed by atoms with Gasteiger partial charge in [-0.2, -0.15) is 0 Å². The molecular formula is C13H19NO3. The molecule has 4 nitrogen and oxygen atoms in total. The number of ether oxygens (including phenoxy) is 2. The smallest absolute Gasteiger partial charge is 0.161 e. The standard InChI is InChI=1S/C13H19NO3/c1-13(2,9-15)14-8-10-5-6-11(16-3)12(7-10)17-4/h5-8,15H,9H2,1-4H3. The van der Waals surface area contributed by atoms with Crippen molar-refractivity contribution < 1.29 is 14.6 Å². The number of aliphatic imine (C=N–C) groups is 1. The maximum atomic E-state index is 9.10. The third kappa shape index (κ3) is 3.75. The molecule has 0 aliphatic heterocycles. The number of hydrogen-bond acceptors (Lipinski definition) is 4. The van der Waals surface area contributed by atoms with Crippen LogP contribution in [-0.4, -0.2) is 37.7 Å². The molecule has 0 saturated heterocycles. The third-order valence-corrected chi connectivity index (χ3v) is 2.36. The van der Waals surface area contributed by atoms with Gasteiger partial charge in [-0.05, 0) is 37.6 Å². The van der Waals surface area contributed by atoms with Crippen molar-refractivity contribution in [2.24, 2.45) is 4.99 Å². The van der Waals surface area contributed by atoms with Crippen molar-refractivity contribution in [2.75, 3.05) is 20.8 Å². The molecule has 0 bridgehead atoms. The van der Waals surface area contributed by atoms with Gasteiger partial charge in [0.05, 0.1) is 26.4 Å². The first kappa shape index (κ1) is 13.5. The summed E-state index contributed by atoms with van der Waals surface area (Å²) >= 11 is 0. The molecule has 1 rings (SSSR count). The number of methoxy groups -OCH3 is 2. The normalized spacial score (nSPS) is 11.8. The number of aliphatic hydroxyl groups is 1. The Morgan fingerprint density at radius 3 is 2.41 bits per heavy atom. The quantitative estimate of drug-likeness (QED) is 0.796. The van der Waals surface area contributed by atoms with Crippen LogP contribution in [0.5, 0.6) is 11.5 Å². The fourth-order valence-corrected chi connectivity index (χ4v) is 1.22. The first-order chi connectivity index (χ1) is 8.02. The minimum absolute atomic E-state index is 0.0107. The van der Waals surface area contributed by atoms with Gasteiger partial charge in [0.25, 0.3) is 0 Å². The Labute approximate surface area is 102 Å². The summed E-state index contributed by atoms with van der Waals surface area (Å²) in [7, 11) is 3.19. The van der Waals surface area contributed by atoms with E-state index in [9.17, 15) is 0 Å². The van der Waals surface area contributed by atoms with Gasteiger partial charge in [0, 0.05) is 6.21 Å². The topological polar surface area (TPSA) is 51.0 Å². The summed E-state index contributed by atoms with van der Waals surface area (Å²) in [6.45, 7) is 3.74. The molecule has 0 radical (unpaired) electrons. The number of aliphatic hydroxyl groups excluding tert-OH is 1. The Morgan fingerprint density at radius 1 is 1.24 bits per heavy atom. The van der Waals surface area contributed by atoms with Gasteiger partial charge in [0.15, 0.2) is 11.5 Å². The van der Waals surface area contributed by atoms with Gasteiger partial charge in [-0.15, -0.1) is 0 Å². The van der Waals surface area contributed by atoms with Crippen LogP contribution in [-0.2, 0) is 0 Å². The second kappa shape index (κ2) is 5.68. The van der Waals surface area contributed by atoms with E-state index in [0.29, 0.717) is 11.5 Å². The van der Waals surface area contributed by atoms with Crippen LogP contribution < -0.4 is 9.47 Å². The fraction of sp³-hybridized carbons (Fsp3) is 0.462. The van der Waals surface area contributed by atoms with Crippen molar-refractivity contribution in [3.63, 3.8) is 0 Å². The SMILES string of the molecule is COc1ccc(C=NC(C)(C)CO)cc1OC. The van der Waals surface area contributed by atoms with Gasteiger partial charge in [-0.3, -0.25) is 4.99 Å². The Bertz CT molecular complexity index is 400. The van der Waals surface area contributed by atoms with Gasteiger partial charge >= 0.3 is 0 Å². The van der Waals surface area contributed by atoms with Crippen LogP contribution >= 0.6 is 0 Å². The van der Waals surface area contributed by atoms with Crippen molar-refractivity contribution in [1.29, 1.82) is 0 Å². The van der Waals surface area contributed by atoms with E-state index in [1.807, 2.05) is 32.0 Å². The molecule has 17 heavy (non-hydrogen) atoms. The van der Waals surface area contributed by atoms with Crippen LogP contribution in [0.4, 0.5) is 0 Å². The summed E-state index contributed by atoms with van der Waals surface area (Å²) in [4.78, 5) is 4.30. The highest BCUT2D eigenvalue weighted by molar-refractivity contribution is 5.81. The van der Waals surface area contributed by atoms with Crippen LogP contribution in [0, 0.1) is 0 Å². The average Bonchev–Trinajstić information content (AvgIpc) is 2.36. The van der Waals surface area contributed by atoms with E-state index in [-0.39, 0.29) is 6.61 Å². The van der Waals surface area contributed by atoms with Crippen molar-refractivity contribution in [2.45, 2.75) is 19.4 Å². The Kier molecular flexibility index (Phi) is 4.52. The van der Waals surface area contributed by atoms with E-state index in [0.717, 1.165) is 5.56 Å². The van der Waals surface area contributed by atoms with E-state index in [1.165, 1.54) is 0 Å². The molecule has 0 amide bonds. The van der Waals surface area contributed by atoms with Crippen molar-refractivity contribution >= 4 is 6.21 Å². The molecule has 0 heterocycles. The second-order valence-corrected chi connectivity index (χ2v) is 4.34. The molecule has 0 fully saturated rings. The van der Waals surface area contributed by atoms with E-state index >= 15 is 0 Å². The molecule has 0 spiro atoms. The zero-order chi connectivity index (χ0) is 12.9. The summed E-state index contributed by atoms with van der Waals surface area (Å²) in [6, 6.07) is 5.56. The summed E-state index contributed by atoms with van der Waals surface area (Å²) in [5.41, 5.74) is 0.442. The van der Waals surface area contributed by atoms with Crippen molar-refractivity contribution in [1.82, 2.24) is 0 Å². The molecule has 1 aromatic rings. The van der Waals surface area contributed by atoms with Crippen LogP contribution in [0.2, 0.25) is 0 Å². The lowest BCUT2D eigenvalue weighted by Crippen LogP contribution is -2.21. The molecule has 0 aromatic heterocycles. The van der Waals surface area contributed by atoms with Crippen LogP contribution in [0.15, 0.2) is 23.2 Å². The largest absolute Gasteiger partial charge is 0.493 e. The first-order valence-electron chi connectivity index (χ1n) is 5.40. The van der Waals surface area contributed by atoms with Gasteiger partial charge in [0.2, 0.25) is 0 Å². The third-order valence-electron chi connectivity index (χ3n) is 2.36. The Hall–Kier alpha value is -1.55. The molecule has 0 aliphatic rings. The highest BCUT2D eigenvalue weighted by atomic mass is 16.5. The molecule has 0 unspecified atom stereocenters. The van der Waals surface area contributed by atoms with Crippen molar-refractivity contribution in [3.8, 4) is 11.5 Å². The fourth-order valence-electron chi connectivity index (χ4n) is 1.22. The van der Waals surface area contributed by atoms with Gasteiger partial charge in [-0.25, -0.2) is 0 Å². The molecule has 1 aromatic carbocycles. The van der Waals surface area contributed by atoms with Gasteiger partial charge < -0.3 is 14.6 Å². The van der Waals surface area contributed by atoms with Crippen LogP contribution in [0.25, 0.3) is 0 Å². The molecule has 0 saturated carbocycles. The zero-order valence-corrected chi connectivity index (χ0v) is 10.7. The molecule has 0 aliphatic carbocycles. The van der Waals surface area contributed by atoms with E-state index in [4.69, 9.17) is 14.6 Å². The number of nitrogens with zero attached hydrogens (tertiary/aromatic N) is 1. The van der Waals surface area contributed by atoms with Crippen LogP contribution in [0.3, 0.4) is 0 Å². The number of rotatable bonds is 5. The van der Waals surface area contributed by atoms with E-state index in [1.54, 1.807) is 20.4 Å². The summed E-state index contributed by atoms with van der Waals surface area (Å²) < 4.78 is 10.3. The monoisotopic (exact) mass is 237 g/mol. The van der Waals surface area contributed by atoms with Gasteiger partial charge in [-0.1, -0.05) is 0 Å². The first-order valence-corrected chi connectivity index (χ1v) is 5.40. The minimum Gasteiger partial charge on any atom is -0.493 e. The summed E-state index contributed by atoms with van der Waals surface area (Å²) in [5, 5.41) is 9.10. The minimum atomic E-state index is -0.465. The summed E-state index contributed by atoms with van der Waals surface area (Å²) in [5.74, 6) is 1.35. The Balaban J connectivity index is 2.93. The van der Waals surface area contributed by atoms with Gasteiger partial charge in [0.1, 0.15) is 0 Å². The predicted molar refractivity (Wildman–Crippen MR) is 68.3 cm³/mol.